The normalized spacial score (nSPS) is 24.2. The number of hydrogen-bond acceptors (Lipinski definition) is 5. The zero-order valence-electron chi connectivity index (χ0n) is 12.3. The molecule has 0 spiro atoms. The van der Waals surface area contributed by atoms with Gasteiger partial charge in [0, 0.05) is 6.54 Å². The monoisotopic (exact) mass is 287 g/mol. The molecule has 0 radical (unpaired) electrons. The smallest absolute Gasteiger partial charge is 0.410 e. The van der Waals surface area contributed by atoms with E-state index in [4.69, 9.17) is 9.47 Å². The highest BCUT2D eigenvalue weighted by Crippen LogP contribution is 2.22. The van der Waals surface area contributed by atoms with E-state index in [-0.39, 0.29) is 26.1 Å². The molecule has 1 rings (SSSR count). The molecule has 1 aliphatic rings. The number of carbonyl (C=O) groups is 3. The van der Waals surface area contributed by atoms with Crippen LogP contribution in [-0.2, 0) is 19.1 Å². The number of ether oxygens (including phenoxy) is 2. The summed E-state index contributed by atoms with van der Waals surface area (Å²) in [4.78, 5) is 36.5. The topological polar surface area (TPSA) is 93.1 Å². The van der Waals surface area contributed by atoms with Gasteiger partial charge in [-0.25, -0.2) is 9.59 Å². The first-order chi connectivity index (χ1) is 9.12. The van der Waals surface area contributed by atoms with E-state index in [1.165, 1.54) is 4.90 Å². The predicted octanol–water partition coefficient (Wildman–Crippen LogP) is 1.06. The molecule has 1 saturated heterocycles. The minimum Gasteiger partial charge on any atom is -0.479 e. The summed E-state index contributed by atoms with van der Waals surface area (Å²) in [6.07, 6.45) is -0.629. The summed E-state index contributed by atoms with van der Waals surface area (Å²) in [5, 5.41) is 9.21. The van der Waals surface area contributed by atoms with Crippen LogP contribution in [0.15, 0.2) is 0 Å². The molecular formula is C13H21NO6. The zero-order valence-corrected chi connectivity index (χ0v) is 12.3. The first kappa shape index (κ1) is 16.4. The number of carbonyl (C=O) groups excluding carboxylic acids is 2. The minimum absolute atomic E-state index is 0.0172. The van der Waals surface area contributed by atoms with Crippen LogP contribution in [0.4, 0.5) is 4.79 Å². The number of Topliss-reactive ketones (excluding diaryl/α,β-unsaturated/α-hetero) is 1. The fourth-order valence-electron chi connectivity index (χ4n) is 1.90. The third-order valence-corrected chi connectivity index (χ3v) is 2.99. The van der Waals surface area contributed by atoms with Crippen molar-refractivity contribution in [2.24, 2.45) is 0 Å². The van der Waals surface area contributed by atoms with Crippen LogP contribution in [0.1, 0.15) is 34.1 Å². The van der Waals surface area contributed by atoms with Gasteiger partial charge in [-0.2, -0.15) is 0 Å². The molecule has 1 aliphatic heterocycles. The summed E-state index contributed by atoms with van der Waals surface area (Å²) in [5.41, 5.74) is -2.54. The van der Waals surface area contributed by atoms with Crippen molar-refractivity contribution < 1.29 is 29.0 Å². The number of carboxylic acid groups (broad SMARTS) is 1. The maximum absolute atomic E-state index is 12.1. The van der Waals surface area contributed by atoms with E-state index in [9.17, 15) is 19.5 Å². The van der Waals surface area contributed by atoms with Crippen LogP contribution in [-0.4, -0.2) is 58.8 Å². The Balaban J connectivity index is 2.87. The average molecular weight is 287 g/mol. The molecule has 1 amide bonds. The highest BCUT2D eigenvalue weighted by atomic mass is 16.6. The number of nitrogens with zero attached hydrogens (tertiary/aromatic N) is 1. The second-order valence-corrected chi connectivity index (χ2v) is 5.66. The number of aliphatic carboxylic acids is 1. The Kier molecular flexibility index (Phi) is 4.75. The zero-order chi connectivity index (χ0) is 15.6. The van der Waals surface area contributed by atoms with E-state index in [1.54, 1.807) is 27.7 Å². The average Bonchev–Trinajstić information content (AvgIpc) is 2.46. The van der Waals surface area contributed by atoms with Gasteiger partial charge in [0.05, 0.1) is 13.2 Å². The van der Waals surface area contributed by atoms with Crippen LogP contribution in [0.5, 0.6) is 0 Å². The maximum Gasteiger partial charge on any atom is 0.410 e. The first-order valence-corrected chi connectivity index (χ1v) is 6.51. The van der Waals surface area contributed by atoms with Crippen LogP contribution in [0, 0.1) is 0 Å². The Bertz CT molecular complexity index is 414. The van der Waals surface area contributed by atoms with Crippen molar-refractivity contribution >= 4 is 17.8 Å². The van der Waals surface area contributed by atoms with Gasteiger partial charge in [-0.15, -0.1) is 0 Å². The lowest BCUT2D eigenvalue weighted by Gasteiger charge is -2.26. The molecule has 0 saturated carbocycles. The van der Waals surface area contributed by atoms with Gasteiger partial charge in [0.1, 0.15) is 5.60 Å². The Morgan fingerprint density at radius 2 is 2.05 bits per heavy atom. The molecule has 1 atom stereocenters. The Hall–Kier alpha value is -1.63. The minimum atomic E-state index is -1.86. The fourth-order valence-corrected chi connectivity index (χ4v) is 1.90. The van der Waals surface area contributed by atoms with Gasteiger partial charge in [0.15, 0.2) is 5.78 Å². The van der Waals surface area contributed by atoms with E-state index < -0.39 is 29.0 Å². The lowest BCUT2D eigenvalue weighted by atomic mass is 9.95. The summed E-state index contributed by atoms with van der Waals surface area (Å²) >= 11 is 0. The van der Waals surface area contributed by atoms with Crippen LogP contribution in [0.3, 0.4) is 0 Å². The van der Waals surface area contributed by atoms with Gasteiger partial charge in [-0.1, -0.05) is 6.92 Å². The second kappa shape index (κ2) is 5.78. The molecule has 0 aromatic carbocycles. The van der Waals surface area contributed by atoms with Crippen LogP contribution < -0.4 is 0 Å². The van der Waals surface area contributed by atoms with E-state index >= 15 is 0 Å². The molecule has 20 heavy (non-hydrogen) atoms. The predicted molar refractivity (Wildman–Crippen MR) is 69.4 cm³/mol. The highest BCUT2D eigenvalue weighted by molar-refractivity contribution is 6.08. The molecule has 0 aliphatic carbocycles. The van der Waals surface area contributed by atoms with E-state index in [2.05, 4.69) is 0 Å². The Morgan fingerprint density at radius 1 is 1.45 bits per heavy atom. The highest BCUT2D eigenvalue weighted by Gasteiger charge is 2.48. The lowest BCUT2D eigenvalue weighted by Crippen LogP contribution is -2.50. The van der Waals surface area contributed by atoms with Gasteiger partial charge >= 0.3 is 12.1 Å². The third-order valence-electron chi connectivity index (χ3n) is 2.99. The molecule has 0 aromatic heterocycles. The lowest BCUT2D eigenvalue weighted by molar-refractivity contribution is -0.170. The van der Waals surface area contributed by atoms with Crippen LogP contribution in [0.2, 0.25) is 0 Å². The third kappa shape index (κ3) is 3.47. The maximum atomic E-state index is 12.1. The summed E-state index contributed by atoms with van der Waals surface area (Å²) in [5.74, 6) is -1.97. The number of carboxylic acids is 1. The van der Waals surface area contributed by atoms with Crippen molar-refractivity contribution in [3.63, 3.8) is 0 Å². The summed E-state index contributed by atoms with van der Waals surface area (Å²) in [6.45, 7) is 6.49. The van der Waals surface area contributed by atoms with E-state index in [0.717, 1.165) is 0 Å². The molecule has 7 heteroatoms. The summed E-state index contributed by atoms with van der Waals surface area (Å²) in [7, 11) is 0. The molecule has 0 aromatic rings. The van der Waals surface area contributed by atoms with E-state index in [1.807, 2.05) is 0 Å². The number of amides is 1. The quantitative estimate of drug-likeness (QED) is 0.763. The largest absolute Gasteiger partial charge is 0.479 e. The molecule has 1 N–H and O–H groups in total. The van der Waals surface area contributed by atoms with Crippen molar-refractivity contribution in [1.29, 1.82) is 0 Å². The molecule has 1 heterocycles. The number of ketones is 1. The van der Waals surface area contributed by atoms with Crippen molar-refractivity contribution in [3.8, 4) is 0 Å². The second-order valence-electron chi connectivity index (χ2n) is 5.66. The van der Waals surface area contributed by atoms with Gasteiger partial charge in [0.2, 0.25) is 5.60 Å². The van der Waals surface area contributed by atoms with Crippen molar-refractivity contribution in [3.05, 3.63) is 0 Å². The Labute approximate surface area is 117 Å². The van der Waals surface area contributed by atoms with Crippen molar-refractivity contribution in [2.45, 2.75) is 45.3 Å². The number of hydrogen-bond donors (Lipinski definition) is 1. The van der Waals surface area contributed by atoms with Gasteiger partial charge in [-0.05, 0) is 27.2 Å². The van der Waals surface area contributed by atoms with E-state index in [0.29, 0.717) is 0 Å². The fraction of sp³-hybridized carbons (Fsp3) is 0.769. The van der Waals surface area contributed by atoms with Crippen LogP contribution in [0.25, 0.3) is 0 Å². The van der Waals surface area contributed by atoms with Crippen molar-refractivity contribution in [2.75, 3.05) is 19.7 Å². The molecule has 1 unspecified atom stereocenters. The first-order valence-electron chi connectivity index (χ1n) is 6.51. The molecule has 7 nitrogen and oxygen atoms in total. The SMILES string of the molecule is CCC1(C(=O)O)OCCN(C(=O)OC(C)(C)C)CC1=O. The summed E-state index contributed by atoms with van der Waals surface area (Å²) < 4.78 is 10.4. The Morgan fingerprint density at radius 3 is 2.50 bits per heavy atom. The molecule has 114 valence electrons. The van der Waals surface area contributed by atoms with Crippen molar-refractivity contribution in [1.82, 2.24) is 4.90 Å². The molecular weight excluding hydrogens is 266 g/mol. The molecule has 1 fully saturated rings. The number of rotatable bonds is 2. The van der Waals surface area contributed by atoms with Gasteiger partial charge < -0.3 is 14.6 Å². The van der Waals surface area contributed by atoms with Gasteiger partial charge in [-0.3, -0.25) is 9.69 Å². The summed E-state index contributed by atoms with van der Waals surface area (Å²) in [6, 6.07) is 0. The molecule has 0 bridgehead atoms. The standard InChI is InChI=1S/C13H21NO6/c1-5-13(10(16)17)9(15)8-14(6-7-19-13)11(18)20-12(2,3)4/h5-8H2,1-4H3,(H,16,17). The van der Waals surface area contributed by atoms with Crippen LogP contribution >= 0.6 is 0 Å². The van der Waals surface area contributed by atoms with Gasteiger partial charge in [0.25, 0.3) is 0 Å².